The highest BCUT2D eigenvalue weighted by atomic mass is 16.6. The lowest BCUT2D eigenvalue weighted by Crippen LogP contribution is -2.50. The van der Waals surface area contributed by atoms with E-state index in [1.807, 2.05) is 121 Å². The number of benzene rings is 4. The molecule has 4 rings (SSSR count). The quantitative estimate of drug-likeness (QED) is 0.178. The molecule has 1 unspecified atom stereocenters. The van der Waals surface area contributed by atoms with Crippen molar-refractivity contribution in [2.75, 3.05) is 6.61 Å². The molecule has 1 N–H and O–H groups in total. The fourth-order valence-electron chi connectivity index (χ4n) is 4.28. The van der Waals surface area contributed by atoms with Crippen LogP contribution in [0.3, 0.4) is 0 Å². The van der Waals surface area contributed by atoms with Crippen molar-refractivity contribution in [3.63, 3.8) is 0 Å². The van der Waals surface area contributed by atoms with Crippen LogP contribution in [-0.2, 0) is 50.2 Å². The van der Waals surface area contributed by atoms with Crippen LogP contribution in [0, 0.1) is 0 Å². The van der Waals surface area contributed by atoms with Gasteiger partial charge in [0.2, 0.25) is 0 Å². The molecular formula is C34H36O6. The molecule has 208 valence electrons. The minimum atomic E-state index is -1.09. The molecule has 6 nitrogen and oxygen atoms in total. The van der Waals surface area contributed by atoms with Crippen molar-refractivity contribution in [2.45, 2.75) is 50.8 Å². The molecule has 0 aliphatic rings. The van der Waals surface area contributed by atoms with E-state index in [1.165, 1.54) is 0 Å². The minimum absolute atomic E-state index is 0.0101. The summed E-state index contributed by atoms with van der Waals surface area (Å²) in [5.74, 6) is 0. The van der Waals surface area contributed by atoms with Gasteiger partial charge >= 0.3 is 0 Å². The second kappa shape index (κ2) is 16.5. The third-order valence-electron chi connectivity index (χ3n) is 6.42. The van der Waals surface area contributed by atoms with E-state index in [0.717, 1.165) is 28.5 Å². The second-order valence-electron chi connectivity index (χ2n) is 9.49. The van der Waals surface area contributed by atoms with Gasteiger partial charge in [0.25, 0.3) is 0 Å². The number of hydrogen-bond donors (Lipinski definition) is 1. The Morgan fingerprint density at radius 2 is 0.900 bits per heavy atom. The number of aliphatic hydroxyl groups is 1. The number of carbonyl (C=O) groups excluding carboxylic acids is 1. The van der Waals surface area contributed by atoms with E-state index >= 15 is 0 Å². The molecule has 0 heterocycles. The van der Waals surface area contributed by atoms with Gasteiger partial charge < -0.3 is 28.8 Å². The zero-order chi connectivity index (χ0) is 27.8. The molecule has 4 atom stereocenters. The summed E-state index contributed by atoms with van der Waals surface area (Å²) in [6.07, 6.45) is -3.18. The lowest BCUT2D eigenvalue weighted by Gasteiger charge is -2.34. The molecule has 0 radical (unpaired) electrons. The van der Waals surface area contributed by atoms with Crippen LogP contribution in [0.1, 0.15) is 22.3 Å². The van der Waals surface area contributed by atoms with Crippen molar-refractivity contribution >= 4 is 6.29 Å². The largest absolute Gasteiger partial charge is 0.388 e. The molecule has 0 bridgehead atoms. The van der Waals surface area contributed by atoms with Crippen LogP contribution in [0.2, 0.25) is 0 Å². The van der Waals surface area contributed by atoms with Gasteiger partial charge in [-0.25, -0.2) is 0 Å². The van der Waals surface area contributed by atoms with Gasteiger partial charge in [0.05, 0.1) is 33.0 Å². The first kappa shape index (κ1) is 29.3. The maximum absolute atomic E-state index is 12.4. The summed E-state index contributed by atoms with van der Waals surface area (Å²) < 4.78 is 24.5. The van der Waals surface area contributed by atoms with Gasteiger partial charge in [-0.15, -0.1) is 0 Å². The summed E-state index contributed by atoms with van der Waals surface area (Å²) in [4.78, 5) is 12.4. The van der Waals surface area contributed by atoms with Crippen molar-refractivity contribution in [1.82, 2.24) is 0 Å². The van der Waals surface area contributed by atoms with Crippen molar-refractivity contribution in [2.24, 2.45) is 0 Å². The molecular weight excluding hydrogens is 504 g/mol. The van der Waals surface area contributed by atoms with E-state index in [4.69, 9.17) is 18.9 Å². The second-order valence-corrected chi connectivity index (χ2v) is 9.49. The summed E-state index contributed by atoms with van der Waals surface area (Å²) in [5, 5.41) is 11.4. The van der Waals surface area contributed by atoms with Gasteiger partial charge in [-0.2, -0.15) is 0 Å². The first-order valence-corrected chi connectivity index (χ1v) is 13.4. The normalized spacial score (nSPS) is 14.2. The van der Waals surface area contributed by atoms with Gasteiger partial charge in [-0.05, 0) is 22.3 Å². The molecule has 0 saturated carbocycles. The number of aliphatic hydroxyl groups excluding tert-OH is 1. The summed E-state index contributed by atoms with van der Waals surface area (Å²) >= 11 is 0. The monoisotopic (exact) mass is 540 g/mol. The SMILES string of the molecule is O=CC(OCc1ccccc1)[C@@H](OCc1ccccc1)[C@@H](OCc1ccccc1)[C@H](O)COCc1ccccc1. The highest BCUT2D eigenvalue weighted by Gasteiger charge is 2.37. The molecule has 6 heteroatoms. The third kappa shape index (κ3) is 9.52. The molecule has 0 fully saturated rings. The predicted octanol–water partition coefficient (Wildman–Crippen LogP) is 5.52. The van der Waals surface area contributed by atoms with Crippen LogP contribution in [-0.4, -0.2) is 42.4 Å². The Labute approximate surface area is 236 Å². The van der Waals surface area contributed by atoms with E-state index in [-0.39, 0.29) is 26.4 Å². The van der Waals surface area contributed by atoms with Crippen molar-refractivity contribution in [3.8, 4) is 0 Å². The van der Waals surface area contributed by atoms with Gasteiger partial charge in [0.1, 0.15) is 24.4 Å². The van der Waals surface area contributed by atoms with Gasteiger partial charge in [-0.3, -0.25) is 0 Å². The van der Waals surface area contributed by atoms with E-state index in [2.05, 4.69) is 0 Å². The number of rotatable bonds is 17. The Morgan fingerprint density at radius 1 is 0.525 bits per heavy atom. The van der Waals surface area contributed by atoms with E-state index in [0.29, 0.717) is 6.61 Å². The van der Waals surface area contributed by atoms with Gasteiger partial charge in [-0.1, -0.05) is 121 Å². The lowest BCUT2D eigenvalue weighted by atomic mass is 10.0. The summed E-state index contributed by atoms with van der Waals surface area (Å²) in [6.45, 7) is 0.968. The Morgan fingerprint density at radius 3 is 1.32 bits per heavy atom. The minimum Gasteiger partial charge on any atom is -0.388 e. The molecule has 0 aromatic heterocycles. The summed E-state index contributed by atoms with van der Waals surface area (Å²) in [6, 6.07) is 38.7. The van der Waals surface area contributed by atoms with Gasteiger partial charge in [0.15, 0.2) is 6.29 Å². The van der Waals surface area contributed by atoms with E-state index in [9.17, 15) is 9.90 Å². The summed E-state index contributed by atoms with van der Waals surface area (Å²) in [7, 11) is 0. The van der Waals surface area contributed by atoms with Gasteiger partial charge in [0, 0.05) is 0 Å². The average Bonchev–Trinajstić information content (AvgIpc) is 3.01. The fourth-order valence-corrected chi connectivity index (χ4v) is 4.28. The van der Waals surface area contributed by atoms with Crippen LogP contribution in [0.4, 0.5) is 0 Å². The highest BCUT2D eigenvalue weighted by Crippen LogP contribution is 2.21. The van der Waals surface area contributed by atoms with E-state index in [1.54, 1.807) is 0 Å². The molecule has 40 heavy (non-hydrogen) atoms. The number of ether oxygens (including phenoxy) is 4. The van der Waals surface area contributed by atoms with Crippen LogP contribution < -0.4 is 0 Å². The van der Waals surface area contributed by atoms with Crippen LogP contribution in [0.15, 0.2) is 121 Å². The Hall–Kier alpha value is -3.65. The predicted molar refractivity (Wildman–Crippen MR) is 153 cm³/mol. The molecule has 0 aliphatic carbocycles. The maximum atomic E-state index is 12.4. The lowest BCUT2D eigenvalue weighted by molar-refractivity contribution is -0.185. The standard InChI is InChI=1S/C34H36O6/c35-21-32(38-23-28-15-7-2-8-16-28)34(40-25-30-19-11-4-12-20-30)33(39-24-29-17-9-3-10-18-29)31(36)26-37-22-27-13-5-1-6-14-27/h1-21,31-34,36H,22-26H2/t31-,32?,33+,34-/m1/s1. The van der Waals surface area contributed by atoms with Crippen LogP contribution in [0.25, 0.3) is 0 Å². The molecule has 4 aromatic carbocycles. The Bertz CT molecular complexity index is 1220. The number of aldehydes is 1. The highest BCUT2D eigenvalue weighted by molar-refractivity contribution is 5.57. The van der Waals surface area contributed by atoms with E-state index < -0.39 is 24.4 Å². The number of carbonyl (C=O) groups is 1. The molecule has 0 saturated heterocycles. The Balaban J connectivity index is 1.53. The molecule has 0 amide bonds. The maximum Gasteiger partial charge on any atom is 0.151 e. The van der Waals surface area contributed by atoms with Crippen LogP contribution in [0.5, 0.6) is 0 Å². The topological polar surface area (TPSA) is 74.2 Å². The summed E-state index contributed by atoms with van der Waals surface area (Å²) in [5.41, 5.74) is 3.77. The zero-order valence-electron chi connectivity index (χ0n) is 22.5. The van der Waals surface area contributed by atoms with Crippen molar-refractivity contribution in [1.29, 1.82) is 0 Å². The molecule has 0 aliphatic heterocycles. The average molecular weight is 541 g/mol. The van der Waals surface area contributed by atoms with Crippen molar-refractivity contribution < 1.29 is 28.8 Å². The first-order chi connectivity index (χ1) is 19.7. The molecule has 0 spiro atoms. The van der Waals surface area contributed by atoms with Crippen molar-refractivity contribution in [3.05, 3.63) is 144 Å². The first-order valence-electron chi connectivity index (χ1n) is 13.4. The Kier molecular flexibility index (Phi) is 12.1. The third-order valence-corrected chi connectivity index (χ3v) is 6.42. The fraction of sp³-hybridized carbons (Fsp3) is 0.265. The smallest absolute Gasteiger partial charge is 0.151 e. The molecule has 4 aromatic rings. The zero-order valence-corrected chi connectivity index (χ0v) is 22.5. The van der Waals surface area contributed by atoms with Crippen LogP contribution >= 0.6 is 0 Å². The number of hydrogen-bond acceptors (Lipinski definition) is 6.